The van der Waals surface area contributed by atoms with Crippen LogP contribution in [0.4, 0.5) is 0 Å². The molecule has 0 amide bonds. The lowest BCUT2D eigenvalue weighted by atomic mass is 9.89. The third-order valence-electron chi connectivity index (χ3n) is 2.82. The van der Waals surface area contributed by atoms with Crippen molar-refractivity contribution in [3.63, 3.8) is 0 Å². The Kier molecular flexibility index (Phi) is 4.30. The molecule has 15 heavy (non-hydrogen) atoms. The fraction of sp³-hybridized carbons (Fsp3) is 0.538. The Hall–Kier alpha value is -0.860. The lowest BCUT2D eigenvalue weighted by molar-refractivity contribution is 0.172. The van der Waals surface area contributed by atoms with Gasteiger partial charge in [0.05, 0.1) is 0 Å². The molecular weight excluding hydrogens is 186 g/mol. The highest BCUT2D eigenvalue weighted by molar-refractivity contribution is 5.28. The Morgan fingerprint density at radius 2 is 2.13 bits per heavy atom. The standard InChI is InChI=1S/C13H21NO/c1-4-11-6-5-7-12(10-11)13(2,14)8-9-15-3/h5-7,10H,4,8-9,14H2,1-3H3. The Morgan fingerprint density at radius 1 is 1.40 bits per heavy atom. The normalized spacial score (nSPS) is 14.9. The highest BCUT2D eigenvalue weighted by atomic mass is 16.5. The van der Waals surface area contributed by atoms with Crippen LogP contribution < -0.4 is 5.73 Å². The van der Waals surface area contributed by atoms with E-state index in [2.05, 4.69) is 38.1 Å². The number of benzene rings is 1. The van der Waals surface area contributed by atoms with Crippen molar-refractivity contribution in [1.29, 1.82) is 0 Å². The average Bonchev–Trinajstić information content (AvgIpc) is 2.26. The van der Waals surface area contributed by atoms with Crippen LogP contribution in [0.3, 0.4) is 0 Å². The quantitative estimate of drug-likeness (QED) is 0.805. The van der Waals surface area contributed by atoms with Gasteiger partial charge in [0, 0.05) is 19.3 Å². The largest absolute Gasteiger partial charge is 0.385 e. The summed E-state index contributed by atoms with van der Waals surface area (Å²) >= 11 is 0. The number of hydrogen-bond acceptors (Lipinski definition) is 2. The van der Waals surface area contributed by atoms with Crippen molar-refractivity contribution in [3.05, 3.63) is 35.4 Å². The van der Waals surface area contributed by atoms with Gasteiger partial charge in [0.1, 0.15) is 0 Å². The molecule has 0 spiro atoms. The van der Waals surface area contributed by atoms with E-state index in [9.17, 15) is 0 Å². The third kappa shape index (κ3) is 3.33. The zero-order valence-corrected chi connectivity index (χ0v) is 9.92. The van der Waals surface area contributed by atoms with Gasteiger partial charge < -0.3 is 10.5 Å². The zero-order valence-electron chi connectivity index (χ0n) is 9.92. The van der Waals surface area contributed by atoms with Crippen LogP contribution in [0.1, 0.15) is 31.4 Å². The highest BCUT2D eigenvalue weighted by Crippen LogP contribution is 2.22. The van der Waals surface area contributed by atoms with Gasteiger partial charge in [-0.3, -0.25) is 0 Å². The molecule has 1 atom stereocenters. The van der Waals surface area contributed by atoms with Crippen molar-refractivity contribution in [1.82, 2.24) is 0 Å². The molecule has 2 heteroatoms. The number of nitrogens with two attached hydrogens (primary N) is 1. The second kappa shape index (κ2) is 5.29. The van der Waals surface area contributed by atoms with Crippen molar-refractivity contribution >= 4 is 0 Å². The fourth-order valence-corrected chi connectivity index (χ4v) is 1.60. The second-order valence-electron chi connectivity index (χ2n) is 4.21. The topological polar surface area (TPSA) is 35.2 Å². The monoisotopic (exact) mass is 207 g/mol. The van der Waals surface area contributed by atoms with Crippen molar-refractivity contribution < 1.29 is 4.74 Å². The van der Waals surface area contributed by atoms with Crippen molar-refractivity contribution in [2.45, 2.75) is 32.2 Å². The first-order valence-corrected chi connectivity index (χ1v) is 5.47. The van der Waals surface area contributed by atoms with Gasteiger partial charge in [-0.25, -0.2) is 0 Å². The van der Waals surface area contributed by atoms with Gasteiger partial charge in [-0.1, -0.05) is 31.2 Å². The smallest absolute Gasteiger partial charge is 0.0482 e. The number of ether oxygens (including phenoxy) is 1. The first kappa shape index (κ1) is 12.2. The van der Waals surface area contributed by atoms with Crippen molar-refractivity contribution in [2.75, 3.05) is 13.7 Å². The average molecular weight is 207 g/mol. The Labute approximate surface area is 92.4 Å². The van der Waals surface area contributed by atoms with Gasteiger partial charge >= 0.3 is 0 Å². The van der Waals surface area contributed by atoms with E-state index in [1.54, 1.807) is 7.11 Å². The summed E-state index contributed by atoms with van der Waals surface area (Å²) in [5.74, 6) is 0. The van der Waals surface area contributed by atoms with Crippen LogP contribution >= 0.6 is 0 Å². The van der Waals surface area contributed by atoms with E-state index in [0.29, 0.717) is 6.61 Å². The van der Waals surface area contributed by atoms with E-state index in [0.717, 1.165) is 12.8 Å². The second-order valence-corrected chi connectivity index (χ2v) is 4.21. The molecule has 0 aromatic heterocycles. The summed E-state index contributed by atoms with van der Waals surface area (Å²) in [5.41, 5.74) is 8.51. The summed E-state index contributed by atoms with van der Waals surface area (Å²) in [4.78, 5) is 0. The molecule has 2 N–H and O–H groups in total. The van der Waals surface area contributed by atoms with E-state index in [4.69, 9.17) is 10.5 Å². The van der Waals surface area contributed by atoms with E-state index >= 15 is 0 Å². The molecule has 1 aromatic rings. The van der Waals surface area contributed by atoms with Gasteiger partial charge in [-0.15, -0.1) is 0 Å². The molecule has 0 aliphatic rings. The van der Waals surface area contributed by atoms with Crippen LogP contribution in [0, 0.1) is 0 Å². The van der Waals surface area contributed by atoms with E-state index < -0.39 is 0 Å². The molecule has 1 aromatic carbocycles. The summed E-state index contributed by atoms with van der Waals surface area (Å²) in [7, 11) is 1.71. The van der Waals surface area contributed by atoms with Crippen molar-refractivity contribution in [2.24, 2.45) is 5.73 Å². The maximum absolute atomic E-state index is 6.27. The molecular formula is C13H21NO. The van der Waals surface area contributed by atoms with Crippen LogP contribution in [-0.2, 0) is 16.7 Å². The number of aryl methyl sites for hydroxylation is 1. The first-order chi connectivity index (χ1) is 7.10. The van der Waals surface area contributed by atoms with Gasteiger partial charge in [-0.2, -0.15) is 0 Å². The molecule has 2 nitrogen and oxygen atoms in total. The Balaban J connectivity index is 2.83. The lowest BCUT2D eigenvalue weighted by Crippen LogP contribution is -2.34. The molecule has 0 bridgehead atoms. The van der Waals surface area contributed by atoms with Crippen LogP contribution in [-0.4, -0.2) is 13.7 Å². The van der Waals surface area contributed by atoms with Gasteiger partial charge in [-0.05, 0) is 30.9 Å². The molecule has 0 radical (unpaired) electrons. The molecule has 0 aliphatic heterocycles. The summed E-state index contributed by atoms with van der Waals surface area (Å²) < 4.78 is 5.08. The summed E-state index contributed by atoms with van der Waals surface area (Å²) in [5, 5.41) is 0. The lowest BCUT2D eigenvalue weighted by Gasteiger charge is -2.25. The van der Waals surface area contributed by atoms with E-state index in [1.165, 1.54) is 11.1 Å². The van der Waals surface area contributed by atoms with E-state index in [-0.39, 0.29) is 5.54 Å². The molecule has 0 saturated carbocycles. The summed E-state index contributed by atoms with van der Waals surface area (Å²) in [6.45, 7) is 4.91. The first-order valence-electron chi connectivity index (χ1n) is 5.47. The maximum Gasteiger partial charge on any atom is 0.0482 e. The van der Waals surface area contributed by atoms with Crippen LogP contribution in [0.5, 0.6) is 0 Å². The number of methoxy groups -OCH3 is 1. The number of hydrogen-bond donors (Lipinski definition) is 1. The minimum Gasteiger partial charge on any atom is -0.385 e. The zero-order chi connectivity index (χ0) is 11.3. The molecule has 0 aliphatic carbocycles. The Morgan fingerprint density at radius 3 is 2.73 bits per heavy atom. The minimum absolute atomic E-state index is 0.290. The summed E-state index contributed by atoms with van der Waals surface area (Å²) in [6, 6.07) is 8.49. The molecule has 1 rings (SSSR count). The van der Waals surface area contributed by atoms with Crippen molar-refractivity contribution in [3.8, 4) is 0 Å². The van der Waals surface area contributed by atoms with Crippen LogP contribution in [0.2, 0.25) is 0 Å². The molecule has 0 heterocycles. The maximum atomic E-state index is 6.27. The molecule has 1 unspecified atom stereocenters. The molecule has 0 saturated heterocycles. The van der Waals surface area contributed by atoms with Gasteiger partial charge in [0.15, 0.2) is 0 Å². The highest BCUT2D eigenvalue weighted by Gasteiger charge is 2.20. The SMILES string of the molecule is CCc1cccc(C(C)(N)CCOC)c1. The predicted octanol–water partition coefficient (Wildman–Crippen LogP) is 2.46. The number of rotatable bonds is 5. The fourth-order valence-electron chi connectivity index (χ4n) is 1.60. The van der Waals surface area contributed by atoms with Gasteiger partial charge in [0.2, 0.25) is 0 Å². The molecule has 84 valence electrons. The van der Waals surface area contributed by atoms with Crippen LogP contribution in [0.15, 0.2) is 24.3 Å². The summed E-state index contributed by atoms with van der Waals surface area (Å²) in [6.07, 6.45) is 1.89. The van der Waals surface area contributed by atoms with Gasteiger partial charge in [0.25, 0.3) is 0 Å². The van der Waals surface area contributed by atoms with Crippen LogP contribution in [0.25, 0.3) is 0 Å². The Bertz CT molecular complexity index is 307. The van der Waals surface area contributed by atoms with E-state index in [1.807, 2.05) is 0 Å². The molecule has 0 fully saturated rings. The minimum atomic E-state index is -0.290. The predicted molar refractivity (Wildman–Crippen MR) is 63.9 cm³/mol. The third-order valence-corrected chi connectivity index (χ3v) is 2.82.